The summed E-state index contributed by atoms with van der Waals surface area (Å²) in [4.78, 5) is 2.46. The van der Waals surface area contributed by atoms with Crippen LogP contribution in [0.15, 0.2) is 10.8 Å². The van der Waals surface area contributed by atoms with E-state index >= 15 is 0 Å². The average molecular weight is 185 g/mol. The smallest absolute Gasteiger partial charge is 0.0648 e. The molecule has 0 heterocycles. The van der Waals surface area contributed by atoms with Crippen molar-refractivity contribution in [3.05, 3.63) is 10.8 Å². The summed E-state index contributed by atoms with van der Waals surface area (Å²) in [6.07, 6.45) is 2.61. The zero-order valence-corrected chi connectivity index (χ0v) is 10.7. The first-order valence-electron chi connectivity index (χ1n) is 4.89. The molecule has 0 unspecified atom stereocenters. The fourth-order valence-corrected chi connectivity index (χ4v) is 2.54. The minimum Gasteiger partial charge on any atom is -0.309 e. The van der Waals surface area contributed by atoms with E-state index in [-0.39, 0.29) is 9.52 Å². The van der Waals surface area contributed by atoms with E-state index in [0.29, 0.717) is 0 Å². The summed E-state index contributed by atoms with van der Waals surface area (Å²) >= 11 is 0. The van der Waals surface area contributed by atoms with Gasteiger partial charge in [-0.1, -0.05) is 17.7 Å². The van der Waals surface area contributed by atoms with E-state index in [9.17, 15) is 0 Å². The zero-order valence-electron chi connectivity index (χ0n) is 9.28. The van der Waals surface area contributed by atoms with Crippen LogP contribution >= 0.6 is 0 Å². The Morgan fingerprint density at radius 1 is 1.25 bits per heavy atom. The number of allylic oxidation sites excluding steroid dienone is 2. The van der Waals surface area contributed by atoms with Crippen LogP contribution in [-0.2, 0) is 0 Å². The van der Waals surface area contributed by atoms with Crippen molar-refractivity contribution in [1.29, 1.82) is 0 Å². The van der Waals surface area contributed by atoms with Gasteiger partial charge in [0.1, 0.15) is 0 Å². The molecule has 0 saturated carbocycles. The third-order valence-electron chi connectivity index (χ3n) is 2.33. The van der Waals surface area contributed by atoms with E-state index in [1.807, 2.05) is 0 Å². The molecule has 2 heteroatoms. The lowest BCUT2D eigenvalue weighted by atomic mass is 10.3. The first-order valence-corrected chi connectivity index (χ1v) is 6.60. The van der Waals surface area contributed by atoms with Crippen LogP contribution in [-0.4, -0.2) is 34.2 Å². The minimum absolute atomic E-state index is 0.0260. The van der Waals surface area contributed by atoms with E-state index in [4.69, 9.17) is 0 Å². The fraction of sp³-hybridized carbons (Fsp3) is 0.800. The van der Waals surface area contributed by atoms with Gasteiger partial charge >= 0.3 is 0 Å². The maximum absolute atomic E-state index is 2.46. The molecule has 0 aromatic heterocycles. The summed E-state index contributed by atoms with van der Waals surface area (Å²) in [5.74, 6) is 0. The highest BCUT2D eigenvalue weighted by Crippen LogP contribution is 1.99. The Bertz CT molecular complexity index is 148. The number of hydrogen-bond donors (Lipinski definition) is 0. The maximum Gasteiger partial charge on any atom is 0.0648 e. The minimum atomic E-state index is 0.0260. The first kappa shape index (κ1) is 11.9. The molecular weight excluding hydrogens is 162 g/mol. The number of hydrogen-bond acceptors (Lipinski definition) is 1. The van der Waals surface area contributed by atoms with Crippen molar-refractivity contribution in [3.63, 3.8) is 0 Å². The van der Waals surface area contributed by atoms with Crippen LogP contribution in [0, 0.1) is 0 Å². The molecule has 0 atom stereocenters. The standard InChI is InChI=1S/C10H23NSi/c1-6-7-11(5)8-12-10(4)9(2)3/h6-8,12H2,1-5H3. The van der Waals surface area contributed by atoms with Crippen LogP contribution in [0.1, 0.15) is 34.1 Å². The first-order chi connectivity index (χ1) is 5.57. The molecular formula is C10H23NSi. The second-order valence-corrected chi connectivity index (χ2v) is 5.84. The van der Waals surface area contributed by atoms with Crippen LogP contribution in [0.3, 0.4) is 0 Å². The van der Waals surface area contributed by atoms with Gasteiger partial charge in [-0.25, -0.2) is 0 Å². The van der Waals surface area contributed by atoms with E-state index in [0.717, 1.165) is 0 Å². The van der Waals surface area contributed by atoms with Gasteiger partial charge in [0.05, 0.1) is 9.52 Å². The SMILES string of the molecule is CCCN(C)C[SiH2]C(C)=C(C)C. The average Bonchev–Trinajstić information content (AvgIpc) is 2.00. The molecule has 0 bridgehead atoms. The predicted molar refractivity (Wildman–Crippen MR) is 60.4 cm³/mol. The van der Waals surface area contributed by atoms with Gasteiger partial charge in [-0.2, -0.15) is 0 Å². The van der Waals surface area contributed by atoms with E-state index in [2.05, 4.69) is 39.6 Å². The highest BCUT2D eigenvalue weighted by atomic mass is 28.2. The third kappa shape index (κ3) is 5.55. The van der Waals surface area contributed by atoms with Gasteiger partial charge in [0.25, 0.3) is 0 Å². The molecule has 0 amide bonds. The highest BCUT2D eigenvalue weighted by Gasteiger charge is 1.98. The Hall–Kier alpha value is -0.0831. The lowest BCUT2D eigenvalue weighted by Gasteiger charge is -2.15. The molecule has 0 aromatic carbocycles. The number of nitrogens with zero attached hydrogens (tertiary/aromatic N) is 1. The van der Waals surface area contributed by atoms with Crippen molar-refractivity contribution in [2.45, 2.75) is 34.1 Å². The van der Waals surface area contributed by atoms with Crippen molar-refractivity contribution in [3.8, 4) is 0 Å². The van der Waals surface area contributed by atoms with Crippen molar-refractivity contribution >= 4 is 9.52 Å². The Morgan fingerprint density at radius 2 is 1.83 bits per heavy atom. The molecule has 0 fully saturated rings. The lowest BCUT2D eigenvalue weighted by Crippen LogP contribution is -2.25. The largest absolute Gasteiger partial charge is 0.309 e. The zero-order chi connectivity index (χ0) is 9.56. The summed E-state index contributed by atoms with van der Waals surface area (Å²) in [5, 5.41) is 1.68. The highest BCUT2D eigenvalue weighted by molar-refractivity contribution is 6.45. The molecule has 0 radical (unpaired) electrons. The molecule has 0 saturated heterocycles. The molecule has 0 aliphatic carbocycles. The molecule has 0 aliphatic rings. The third-order valence-corrected chi connectivity index (χ3v) is 4.77. The van der Waals surface area contributed by atoms with E-state index < -0.39 is 0 Å². The number of rotatable bonds is 5. The maximum atomic E-state index is 2.46. The molecule has 0 N–H and O–H groups in total. The Morgan fingerprint density at radius 3 is 2.25 bits per heavy atom. The summed E-state index contributed by atoms with van der Waals surface area (Å²) in [6, 6.07) is 0. The summed E-state index contributed by atoms with van der Waals surface area (Å²) < 4.78 is 0. The van der Waals surface area contributed by atoms with Gasteiger partial charge in [0.15, 0.2) is 0 Å². The predicted octanol–water partition coefficient (Wildman–Crippen LogP) is 1.77. The monoisotopic (exact) mass is 185 g/mol. The van der Waals surface area contributed by atoms with Crippen LogP contribution in [0.4, 0.5) is 0 Å². The van der Waals surface area contributed by atoms with Gasteiger partial charge < -0.3 is 4.90 Å². The normalized spacial score (nSPS) is 11.5. The summed E-state index contributed by atoms with van der Waals surface area (Å²) in [6.45, 7) is 10.2. The fourth-order valence-electron chi connectivity index (χ4n) is 1.10. The van der Waals surface area contributed by atoms with Gasteiger partial charge in [0, 0.05) is 0 Å². The van der Waals surface area contributed by atoms with Gasteiger partial charge in [-0.3, -0.25) is 0 Å². The second kappa shape index (κ2) is 6.43. The van der Waals surface area contributed by atoms with Crippen molar-refractivity contribution in [1.82, 2.24) is 4.90 Å². The van der Waals surface area contributed by atoms with Crippen LogP contribution in [0.5, 0.6) is 0 Å². The molecule has 0 aromatic rings. The molecule has 0 spiro atoms. The topological polar surface area (TPSA) is 3.24 Å². The van der Waals surface area contributed by atoms with E-state index in [1.54, 1.807) is 5.20 Å². The summed E-state index contributed by atoms with van der Waals surface area (Å²) in [7, 11) is 2.26. The molecule has 12 heavy (non-hydrogen) atoms. The molecule has 72 valence electrons. The Labute approximate surface area is 79.7 Å². The van der Waals surface area contributed by atoms with Gasteiger partial charge in [0.2, 0.25) is 0 Å². The molecule has 0 rings (SSSR count). The van der Waals surface area contributed by atoms with Crippen molar-refractivity contribution in [2.75, 3.05) is 19.8 Å². The van der Waals surface area contributed by atoms with Crippen molar-refractivity contribution in [2.24, 2.45) is 0 Å². The molecule has 0 aliphatic heterocycles. The second-order valence-electron chi connectivity index (χ2n) is 3.83. The van der Waals surface area contributed by atoms with Gasteiger partial charge in [-0.15, -0.1) is 0 Å². The van der Waals surface area contributed by atoms with Crippen molar-refractivity contribution < 1.29 is 0 Å². The van der Waals surface area contributed by atoms with Crippen LogP contribution < -0.4 is 0 Å². The molecule has 1 nitrogen and oxygen atoms in total. The van der Waals surface area contributed by atoms with Crippen LogP contribution in [0.25, 0.3) is 0 Å². The lowest BCUT2D eigenvalue weighted by molar-refractivity contribution is 0.387. The summed E-state index contributed by atoms with van der Waals surface area (Å²) in [5.41, 5.74) is 1.53. The van der Waals surface area contributed by atoms with E-state index in [1.165, 1.54) is 24.7 Å². The quantitative estimate of drug-likeness (QED) is 0.590. The van der Waals surface area contributed by atoms with Gasteiger partial charge in [-0.05, 0) is 47.0 Å². The Balaban J connectivity index is 3.61. The van der Waals surface area contributed by atoms with Crippen LogP contribution in [0.2, 0.25) is 0 Å². The Kier molecular flexibility index (Phi) is 6.39.